The maximum absolute atomic E-state index is 12.7. The standard InChI is InChI=1S/C23H28Cl2N2O4S2/c1-23(2,3)16-6-8-20-19(11-16)27(33(4,29)30)13-21(31-20)22(28)26-9-10-32-14-15-5-7-17(24)12-18(15)25/h5-8,11-12,21H,9-10,13-14H2,1-4H3,(H,26,28). The smallest absolute Gasteiger partial charge is 0.263 e. The number of halogens is 2. The highest BCUT2D eigenvalue weighted by atomic mass is 35.5. The van der Waals surface area contributed by atoms with Crippen LogP contribution in [0.2, 0.25) is 10.0 Å². The van der Waals surface area contributed by atoms with Crippen LogP contribution in [-0.2, 0) is 26.0 Å². The van der Waals surface area contributed by atoms with Crippen molar-refractivity contribution in [1.82, 2.24) is 5.32 Å². The predicted octanol–water partition coefficient (Wildman–Crippen LogP) is 4.87. The fourth-order valence-electron chi connectivity index (χ4n) is 3.35. The minimum absolute atomic E-state index is 0.0706. The zero-order valence-electron chi connectivity index (χ0n) is 19.0. The highest BCUT2D eigenvalue weighted by molar-refractivity contribution is 7.98. The van der Waals surface area contributed by atoms with Crippen LogP contribution in [0.4, 0.5) is 5.69 Å². The Morgan fingerprint density at radius 1 is 1.21 bits per heavy atom. The van der Waals surface area contributed by atoms with E-state index in [2.05, 4.69) is 26.1 Å². The molecule has 1 aliphatic rings. The fourth-order valence-corrected chi connectivity index (χ4v) is 5.67. The van der Waals surface area contributed by atoms with Crippen LogP contribution in [0.25, 0.3) is 0 Å². The average molecular weight is 532 g/mol. The van der Waals surface area contributed by atoms with Gasteiger partial charge in [0.1, 0.15) is 5.75 Å². The molecule has 1 heterocycles. The van der Waals surface area contributed by atoms with Gasteiger partial charge in [-0.05, 0) is 40.8 Å². The van der Waals surface area contributed by atoms with Crippen LogP contribution in [0.3, 0.4) is 0 Å². The number of benzene rings is 2. The van der Waals surface area contributed by atoms with E-state index in [1.807, 2.05) is 18.2 Å². The topological polar surface area (TPSA) is 75.7 Å². The molecule has 0 bridgehead atoms. The van der Waals surface area contributed by atoms with Gasteiger partial charge in [-0.1, -0.05) is 56.1 Å². The van der Waals surface area contributed by atoms with Crippen molar-refractivity contribution in [2.24, 2.45) is 0 Å². The number of hydrogen-bond acceptors (Lipinski definition) is 5. The molecule has 1 atom stereocenters. The number of amides is 1. The average Bonchev–Trinajstić information content (AvgIpc) is 2.72. The van der Waals surface area contributed by atoms with Gasteiger partial charge >= 0.3 is 0 Å². The second-order valence-corrected chi connectivity index (χ2v) is 12.8. The second kappa shape index (κ2) is 10.3. The first-order valence-electron chi connectivity index (χ1n) is 10.4. The number of anilines is 1. The third-order valence-electron chi connectivity index (χ3n) is 5.21. The molecular weight excluding hydrogens is 503 g/mol. The molecule has 2 aromatic rings. The van der Waals surface area contributed by atoms with Crippen molar-refractivity contribution in [3.63, 3.8) is 0 Å². The van der Waals surface area contributed by atoms with Crippen molar-refractivity contribution in [3.8, 4) is 5.75 Å². The number of hydrogen-bond donors (Lipinski definition) is 1. The summed E-state index contributed by atoms with van der Waals surface area (Å²) in [6.07, 6.45) is 0.211. The highest BCUT2D eigenvalue weighted by Crippen LogP contribution is 2.38. The van der Waals surface area contributed by atoms with Crippen LogP contribution in [0.15, 0.2) is 36.4 Å². The van der Waals surface area contributed by atoms with Gasteiger partial charge in [0.25, 0.3) is 5.91 Å². The molecule has 1 N–H and O–H groups in total. The summed E-state index contributed by atoms with van der Waals surface area (Å²) in [5, 5.41) is 4.05. The van der Waals surface area contributed by atoms with Gasteiger partial charge in [-0.15, -0.1) is 0 Å². The molecule has 6 nitrogen and oxygen atoms in total. The van der Waals surface area contributed by atoms with Gasteiger partial charge in [0.15, 0.2) is 6.10 Å². The van der Waals surface area contributed by atoms with Crippen molar-refractivity contribution in [3.05, 3.63) is 57.6 Å². The molecule has 0 saturated heterocycles. The number of rotatable bonds is 7. The summed E-state index contributed by atoms with van der Waals surface area (Å²) in [6, 6.07) is 10.8. The third kappa shape index (κ3) is 6.72. The summed E-state index contributed by atoms with van der Waals surface area (Å²) in [7, 11) is -3.59. The van der Waals surface area contributed by atoms with Crippen molar-refractivity contribution in [2.45, 2.75) is 38.0 Å². The zero-order chi connectivity index (χ0) is 24.4. The maximum Gasteiger partial charge on any atom is 0.263 e. The highest BCUT2D eigenvalue weighted by Gasteiger charge is 2.35. The SMILES string of the molecule is CC(C)(C)c1ccc2c(c1)N(S(C)(=O)=O)CC(C(=O)NCCSCc1ccc(Cl)cc1Cl)O2. The molecule has 3 rings (SSSR count). The van der Waals surface area contributed by atoms with E-state index in [9.17, 15) is 13.2 Å². The van der Waals surface area contributed by atoms with Crippen molar-refractivity contribution in [1.29, 1.82) is 0 Å². The molecule has 0 spiro atoms. The lowest BCUT2D eigenvalue weighted by molar-refractivity contribution is -0.127. The number of thioether (sulfide) groups is 1. The Bertz CT molecular complexity index is 1130. The molecule has 0 radical (unpaired) electrons. The van der Waals surface area contributed by atoms with Gasteiger partial charge in [-0.3, -0.25) is 9.10 Å². The number of ether oxygens (including phenoxy) is 1. The largest absolute Gasteiger partial charge is 0.476 e. The summed E-state index contributed by atoms with van der Waals surface area (Å²) in [6.45, 7) is 6.51. The minimum Gasteiger partial charge on any atom is -0.476 e. The first-order chi connectivity index (χ1) is 15.4. The van der Waals surface area contributed by atoms with Gasteiger partial charge in [-0.25, -0.2) is 8.42 Å². The molecule has 10 heteroatoms. The summed E-state index contributed by atoms with van der Waals surface area (Å²) in [4.78, 5) is 12.7. The van der Waals surface area contributed by atoms with E-state index < -0.39 is 16.1 Å². The molecular formula is C23H28Cl2N2O4S2. The number of fused-ring (bicyclic) bond motifs is 1. The molecule has 0 aromatic heterocycles. The normalized spacial score (nSPS) is 16.2. The Hall–Kier alpha value is -1.61. The Labute approximate surface area is 210 Å². The first kappa shape index (κ1) is 26.0. The van der Waals surface area contributed by atoms with Gasteiger partial charge in [-0.2, -0.15) is 11.8 Å². The van der Waals surface area contributed by atoms with E-state index >= 15 is 0 Å². The van der Waals surface area contributed by atoms with Gasteiger partial charge in [0.05, 0.1) is 18.5 Å². The van der Waals surface area contributed by atoms with Crippen LogP contribution in [0.1, 0.15) is 31.9 Å². The summed E-state index contributed by atoms with van der Waals surface area (Å²) < 4.78 is 32.1. The zero-order valence-corrected chi connectivity index (χ0v) is 22.2. The molecule has 2 aromatic carbocycles. The molecule has 0 fully saturated rings. The summed E-state index contributed by atoms with van der Waals surface area (Å²) in [5.41, 5.74) is 2.27. The molecule has 1 aliphatic heterocycles. The van der Waals surface area contributed by atoms with Crippen LogP contribution >= 0.6 is 35.0 Å². The number of carbonyl (C=O) groups excluding carboxylic acids is 1. The molecule has 1 unspecified atom stereocenters. The van der Waals surface area contributed by atoms with Crippen LogP contribution in [0, 0.1) is 0 Å². The van der Waals surface area contributed by atoms with E-state index in [1.54, 1.807) is 30.0 Å². The van der Waals surface area contributed by atoms with Crippen LogP contribution in [0.5, 0.6) is 5.75 Å². The second-order valence-electron chi connectivity index (χ2n) is 8.91. The van der Waals surface area contributed by atoms with E-state index in [1.165, 1.54) is 4.31 Å². The Balaban J connectivity index is 1.61. The molecule has 180 valence electrons. The number of nitrogens with one attached hydrogen (secondary N) is 1. The van der Waals surface area contributed by atoms with Crippen molar-refractivity contribution >= 4 is 56.6 Å². The Morgan fingerprint density at radius 3 is 2.58 bits per heavy atom. The van der Waals surface area contributed by atoms with Crippen LogP contribution < -0.4 is 14.4 Å². The first-order valence-corrected chi connectivity index (χ1v) is 14.2. The van der Waals surface area contributed by atoms with Gasteiger partial charge < -0.3 is 10.1 Å². The Kier molecular flexibility index (Phi) is 8.15. The lowest BCUT2D eigenvalue weighted by atomic mass is 9.86. The van der Waals surface area contributed by atoms with Gasteiger partial charge in [0, 0.05) is 28.1 Å². The number of sulfonamides is 1. The summed E-state index contributed by atoms with van der Waals surface area (Å²) in [5.74, 6) is 1.39. The monoisotopic (exact) mass is 530 g/mol. The predicted molar refractivity (Wildman–Crippen MR) is 137 cm³/mol. The molecule has 0 saturated carbocycles. The van der Waals surface area contributed by atoms with E-state index in [4.69, 9.17) is 27.9 Å². The van der Waals surface area contributed by atoms with E-state index in [0.29, 0.717) is 39.5 Å². The molecule has 0 aliphatic carbocycles. The van der Waals surface area contributed by atoms with Crippen molar-refractivity contribution < 1.29 is 17.9 Å². The third-order valence-corrected chi connectivity index (χ3v) is 7.95. The number of carbonyl (C=O) groups is 1. The van der Waals surface area contributed by atoms with Crippen LogP contribution in [-0.4, -0.2) is 45.5 Å². The maximum atomic E-state index is 12.7. The molecule has 1 amide bonds. The number of nitrogens with zero attached hydrogens (tertiary/aromatic N) is 1. The van der Waals surface area contributed by atoms with E-state index in [-0.39, 0.29) is 17.9 Å². The lowest BCUT2D eigenvalue weighted by Crippen LogP contribution is -2.50. The molecule has 33 heavy (non-hydrogen) atoms. The van der Waals surface area contributed by atoms with E-state index in [0.717, 1.165) is 17.4 Å². The Morgan fingerprint density at radius 2 is 1.94 bits per heavy atom. The lowest BCUT2D eigenvalue weighted by Gasteiger charge is -2.35. The minimum atomic E-state index is -3.59. The van der Waals surface area contributed by atoms with Crippen molar-refractivity contribution in [2.75, 3.05) is 29.4 Å². The van der Waals surface area contributed by atoms with Gasteiger partial charge in [0.2, 0.25) is 10.0 Å². The quantitative estimate of drug-likeness (QED) is 0.517. The fraction of sp³-hybridized carbons (Fsp3) is 0.435. The summed E-state index contributed by atoms with van der Waals surface area (Å²) >= 11 is 13.7.